The third-order valence-corrected chi connectivity index (χ3v) is 3.70. The second-order valence-electron chi connectivity index (χ2n) is 5.71. The second-order valence-corrected chi connectivity index (χ2v) is 6.11. The number of hydrogen-bond donors (Lipinski definition) is 1. The van der Waals surface area contributed by atoms with E-state index in [2.05, 4.69) is 10.5 Å². The summed E-state index contributed by atoms with van der Waals surface area (Å²) in [5, 5.41) is 16.8. The Hall–Kier alpha value is -2.94. The molecular weight excluding hydrogens is 366 g/mol. The molecule has 138 valence electrons. The molecule has 1 heterocycles. The summed E-state index contributed by atoms with van der Waals surface area (Å²) in [6, 6.07) is 3.60. The lowest BCUT2D eigenvalue weighted by molar-refractivity contribution is -0.384. The summed E-state index contributed by atoms with van der Waals surface area (Å²) in [4.78, 5) is 34.2. The third-order valence-electron chi connectivity index (χ3n) is 3.39. The van der Waals surface area contributed by atoms with Crippen LogP contribution < -0.4 is 5.32 Å². The molecule has 0 aliphatic carbocycles. The van der Waals surface area contributed by atoms with Gasteiger partial charge in [0.1, 0.15) is 5.56 Å². The summed E-state index contributed by atoms with van der Waals surface area (Å²) in [5.74, 6) is -1.07. The van der Waals surface area contributed by atoms with Crippen molar-refractivity contribution in [3.8, 4) is 0 Å². The maximum absolute atomic E-state index is 12.2. The van der Waals surface area contributed by atoms with Gasteiger partial charge in [0.15, 0.2) is 12.4 Å². The van der Waals surface area contributed by atoms with Crippen molar-refractivity contribution >= 4 is 34.9 Å². The van der Waals surface area contributed by atoms with E-state index in [0.29, 0.717) is 11.5 Å². The number of aryl methyl sites for hydroxylation is 1. The Morgan fingerprint density at radius 1 is 1.42 bits per heavy atom. The summed E-state index contributed by atoms with van der Waals surface area (Å²) in [6.07, 6.45) is 0. The standard InChI is InChI=1S/C16H16ClN3O6/c1-8(2)15-14(9(3)19-26-15)16(22)25-7-13(21)18-12-5-4-10(20(23)24)6-11(12)17/h4-6,8H,7H2,1-3H3,(H,18,21). The number of hydrogen-bond acceptors (Lipinski definition) is 7. The number of rotatable bonds is 6. The van der Waals surface area contributed by atoms with Crippen LogP contribution in [0.3, 0.4) is 0 Å². The Balaban J connectivity index is 2.00. The van der Waals surface area contributed by atoms with Crippen molar-refractivity contribution in [2.75, 3.05) is 11.9 Å². The van der Waals surface area contributed by atoms with Gasteiger partial charge >= 0.3 is 5.97 Å². The Morgan fingerprint density at radius 2 is 2.12 bits per heavy atom. The fourth-order valence-corrected chi connectivity index (χ4v) is 2.36. The average molecular weight is 382 g/mol. The monoisotopic (exact) mass is 381 g/mol. The molecule has 9 nitrogen and oxygen atoms in total. The number of halogens is 1. The van der Waals surface area contributed by atoms with Gasteiger partial charge in [-0.1, -0.05) is 30.6 Å². The lowest BCUT2D eigenvalue weighted by Gasteiger charge is -2.08. The zero-order valence-corrected chi connectivity index (χ0v) is 15.0. The first kappa shape index (κ1) is 19.4. The van der Waals surface area contributed by atoms with E-state index < -0.39 is 23.4 Å². The van der Waals surface area contributed by atoms with Crippen LogP contribution in [-0.2, 0) is 9.53 Å². The summed E-state index contributed by atoms with van der Waals surface area (Å²) < 4.78 is 10.1. The molecule has 1 aromatic heterocycles. The van der Waals surface area contributed by atoms with Crippen molar-refractivity contribution in [3.05, 3.63) is 50.4 Å². The Morgan fingerprint density at radius 3 is 2.69 bits per heavy atom. The minimum absolute atomic E-state index is 0.00384. The number of nitrogens with zero attached hydrogens (tertiary/aromatic N) is 2. The third kappa shape index (κ3) is 4.37. The van der Waals surface area contributed by atoms with Gasteiger partial charge in [0, 0.05) is 18.1 Å². The maximum Gasteiger partial charge on any atom is 0.344 e. The maximum atomic E-state index is 12.2. The smallest absolute Gasteiger partial charge is 0.344 e. The first-order valence-corrected chi connectivity index (χ1v) is 7.95. The fourth-order valence-electron chi connectivity index (χ4n) is 2.14. The molecule has 0 aliphatic rings. The van der Waals surface area contributed by atoms with Crippen LogP contribution >= 0.6 is 11.6 Å². The Bertz CT molecular complexity index is 862. The zero-order chi connectivity index (χ0) is 19.4. The van der Waals surface area contributed by atoms with E-state index >= 15 is 0 Å². The predicted molar refractivity (Wildman–Crippen MR) is 92.3 cm³/mol. The number of aromatic nitrogens is 1. The molecule has 10 heteroatoms. The van der Waals surface area contributed by atoms with Crippen molar-refractivity contribution < 1.29 is 23.8 Å². The number of nitro benzene ring substituents is 1. The average Bonchev–Trinajstić information content (AvgIpc) is 2.96. The minimum Gasteiger partial charge on any atom is -0.452 e. The molecule has 0 atom stereocenters. The van der Waals surface area contributed by atoms with Gasteiger partial charge in [-0.2, -0.15) is 0 Å². The second kappa shape index (κ2) is 7.96. The molecule has 2 rings (SSSR count). The van der Waals surface area contributed by atoms with Gasteiger partial charge in [0.25, 0.3) is 11.6 Å². The van der Waals surface area contributed by atoms with Crippen molar-refractivity contribution in [1.29, 1.82) is 0 Å². The number of ether oxygens (including phenoxy) is 1. The number of anilines is 1. The highest BCUT2D eigenvalue weighted by atomic mass is 35.5. The molecule has 0 aliphatic heterocycles. The van der Waals surface area contributed by atoms with E-state index in [1.54, 1.807) is 6.92 Å². The molecule has 0 unspecified atom stereocenters. The number of amides is 1. The molecule has 0 spiro atoms. The molecule has 1 N–H and O–H groups in total. The van der Waals surface area contributed by atoms with E-state index in [0.717, 1.165) is 6.07 Å². The topological polar surface area (TPSA) is 125 Å². The van der Waals surface area contributed by atoms with Gasteiger partial charge in [-0.3, -0.25) is 14.9 Å². The van der Waals surface area contributed by atoms with Gasteiger partial charge in [-0.25, -0.2) is 4.79 Å². The fraction of sp³-hybridized carbons (Fsp3) is 0.312. The van der Waals surface area contributed by atoms with Crippen LogP contribution in [0.5, 0.6) is 0 Å². The number of esters is 1. The zero-order valence-electron chi connectivity index (χ0n) is 14.2. The van der Waals surface area contributed by atoms with Crippen molar-refractivity contribution in [2.45, 2.75) is 26.7 Å². The number of nitrogens with one attached hydrogen (secondary N) is 1. The summed E-state index contributed by atoms with van der Waals surface area (Å²) in [5.41, 5.74) is 0.532. The van der Waals surface area contributed by atoms with Crippen LogP contribution in [0, 0.1) is 17.0 Å². The van der Waals surface area contributed by atoms with E-state index in [1.807, 2.05) is 13.8 Å². The van der Waals surface area contributed by atoms with E-state index in [4.69, 9.17) is 20.9 Å². The van der Waals surface area contributed by atoms with Crippen molar-refractivity contribution in [3.63, 3.8) is 0 Å². The number of carbonyl (C=O) groups is 2. The van der Waals surface area contributed by atoms with Crippen molar-refractivity contribution in [1.82, 2.24) is 5.16 Å². The van der Waals surface area contributed by atoms with E-state index in [-0.39, 0.29) is 27.9 Å². The molecule has 26 heavy (non-hydrogen) atoms. The molecule has 0 radical (unpaired) electrons. The predicted octanol–water partition coefficient (Wildman–Crippen LogP) is 3.46. The molecule has 1 aromatic carbocycles. The lowest BCUT2D eigenvalue weighted by Crippen LogP contribution is -2.21. The van der Waals surface area contributed by atoms with Crippen LogP contribution in [0.15, 0.2) is 22.7 Å². The largest absolute Gasteiger partial charge is 0.452 e. The molecular formula is C16H16ClN3O6. The molecule has 2 aromatic rings. The molecule has 0 fully saturated rings. The lowest BCUT2D eigenvalue weighted by atomic mass is 10.1. The summed E-state index contributed by atoms with van der Waals surface area (Å²) in [7, 11) is 0. The Labute approximate surface area is 153 Å². The van der Waals surface area contributed by atoms with Gasteiger partial charge in [-0.15, -0.1) is 0 Å². The van der Waals surface area contributed by atoms with Crippen molar-refractivity contribution in [2.24, 2.45) is 0 Å². The SMILES string of the molecule is Cc1noc(C(C)C)c1C(=O)OCC(=O)Nc1ccc([N+](=O)[O-])cc1Cl. The quantitative estimate of drug-likeness (QED) is 0.461. The van der Waals surface area contributed by atoms with Gasteiger partial charge < -0.3 is 14.6 Å². The highest BCUT2D eigenvalue weighted by Crippen LogP contribution is 2.27. The first-order valence-electron chi connectivity index (χ1n) is 7.57. The van der Waals surface area contributed by atoms with Gasteiger partial charge in [0.05, 0.1) is 21.3 Å². The number of non-ortho nitro benzene ring substituents is 1. The highest BCUT2D eigenvalue weighted by Gasteiger charge is 2.24. The first-order chi connectivity index (χ1) is 12.2. The van der Waals surface area contributed by atoms with Crippen LogP contribution in [0.1, 0.15) is 41.6 Å². The normalized spacial score (nSPS) is 10.7. The van der Waals surface area contributed by atoms with Gasteiger partial charge in [-0.05, 0) is 13.0 Å². The molecule has 1 amide bonds. The van der Waals surface area contributed by atoms with Crippen LogP contribution in [0.25, 0.3) is 0 Å². The molecule has 0 bridgehead atoms. The minimum atomic E-state index is -0.725. The van der Waals surface area contributed by atoms with Crippen LogP contribution in [0.2, 0.25) is 5.02 Å². The molecule has 0 saturated carbocycles. The summed E-state index contributed by atoms with van der Waals surface area (Å²) in [6.45, 7) is 4.71. The number of nitro groups is 1. The Kier molecular flexibility index (Phi) is 5.93. The summed E-state index contributed by atoms with van der Waals surface area (Å²) >= 11 is 5.89. The molecule has 0 saturated heterocycles. The number of carbonyl (C=O) groups excluding carboxylic acids is 2. The van der Waals surface area contributed by atoms with E-state index in [1.165, 1.54) is 12.1 Å². The van der Waals surface area contributed by atoms with Gasteiger partial charge in [0.2, 0.25) is 0 Å². The van der Waals surface area contributed by atoms with E-state index in [9.17, 15) is 19.7 Å². The highest BCUT2D eigenvalue weighted by molar-refractivity contribution is 6.34. The number of benzene rings is 1. The van der Waals surface area contributed by atoms with Crippen LogP contribution in [0.4, 0.5) is 11.4 Å². The van der Waals surface area contributed by atoms with Crippen LogP contribution in [-0.4, -0.2) is 28.6 Å².